The molecule has 2 aliphatic rings. The summed E-state index contributed by atoms with van der Waals surface area (Å²) in [6.45, 7) is 11.0. The molecule has 1 aromatic carbocycles. The molecular formula is C18H24BrCl2N2SiZr. The maximum absolute atomic E-state index is 7.59. The summed E-state index contributed by atoms with van der Waals surface area (Å²) in [6, 6.07) is 6.43. The first kappa shape index (κ1) is 20.2. The summed E-state index contributed by atoms with van der Waals surface area (Å²) in [6.07, 6.45) is 5.97. The molecule has 2 nitrogen and oxygen atoms in total. The molecule has 0 saturated carbocycles. The van der Waals surface area contributed by atoms with Crippen LogP contribution in [0, 0.1) is 0 Å². The second-order valence-corrected chi connectivity index (χ2v) is 48.8. The topological polar surface area (TPSA) is 24.4 Å². The van der Waals surface area contributed by atoms with Gasteiger partial charge in [-0.1, -0.05) is 0 Å². The number of halogens is 3. The van der Waals surface area contributed by atoms with Crippen molar-refractivity contribution in [3.63, 3.8) is 0 Å². The van der Waals surface area contributed by atoms with Crippen molar-refractivity contribution in [3.05, 3.63) is 51.6 Å². The van der Waals surface area contributed by atoms with Crippen LogP contribution in [0.2, 0.25) is 13.1 Å². The van der Waals surface area contributed by atoms with Gasteiger partial charge in [0.05, 0.1) is 0 Å². The first-order chi connectivity index (χ1) is 11.4. The van der Waals surface area contributed by atoms with Gasteiger partial charge in [-0.2, -0.15) is 0 Å². The number of aliphatic imine (C=N–C) groups is 1. The van der Waals surface area contributed by atoms with Gasteiger partial charge in [0.2, 0.25) is 0 Å². The summed E-state index contributed by atoms with van der Waals surface area (Å²) in [5, 5.41) is 0. The molecule has 1 aliphatic carbocycles. The second kappa shape index (κ2) is 6.53. The first-order valence-corrected chi connectivity index (χ1v) is 25.3. The summed E-state index contributed by atoms with van der Waals surface area (Å²) >= 11 is -0.808. The van der Waals surface area contributed by atoms with E-state index in [1.165, 1.54) is 20.0 Å². The Hall–Kier alpha value is 0.490. The maximum atomic E-state index is 7.59. The average molecular weight is 539 g/mol. The Morgan fingerprint density at radius 3 is 2.52 bits per heavy atom. The molecular weight excluding hydrogens is 514 g/mol. The Morgan fingerprint density at radius 2 is 1.92 bits per heavy atom. The van der Waals surface area contributed by atoms with Gasteiger partial charge in [0.25, 0.3) is 0 Å². The van der Waals surface area contributed by atoms with Gasteiger partial charge in [-0.3, -0.25) is 0 Å². The fraction of sp³-hybridized carbons (Fsp3) is 0.389. The Labute approximate surface area is 168 Å². The number of nitrogens with zero attached hydrogens (tertiary/aromatic N) is 1. The zero-order valence-corrected chi connectivity index (χ0v) is 21.9. The van der Waals surface area contributed by atoms with Crippen LogP contribution in [0.5, 0.6) is 0 Å². The van der Waals surface area contributed by atoms with Crippen LogP contribution in [0.1, 0.15) is 37.8 Å². The summed E-state index contributed by atoms with van der Waals surface area (Å²) in [4.78, 5) is 4.38. The quantitative estimate of drug-likeness (QED) is 0.460. The fourth-order valence-electron chi connectivity index (χ4n) is 3.80. The minimum atomic E-state index is -4.44. The zero-order valence-electron chi connectivity index (χ0n) is 15.2. The zero-order chi connectivity index (χ0) is 18.6. The first-order valence-electron chi connectivity index (χ1n) is 8.55. The Kier molecular flexibility index (Phi) is 5.28. The summed E-state index contributed by atoms with van der Waals surface area (Å²) in [7, 11) is 15.2. The van der Waals surface area contributed by atoms with Crippen LogP contribution in [0.3, 0.4) is 0 Å². The Balaban J connectivity index is 2.34. The van der Waals surface area contributed by atoms with Crippen LogP contribution in [0.15, 0.2) is 45.5 Å². The van der Waals surface area contributed by atoms with E-state index in [-0.39, 0.29) is 11.5 Å². The molecule has 0 aromatic heterocycles. The number of fused-ring (bicyclic) bond motifs is 3. The van der Waals surface area contributed by atoms with Gasteiger partial charge in [0.1, 0.15) is 0 Å². The predicted molar refractivity (Wildman–Crippen MR) is 115 cm³/mol. The average Bonchev–Trinajstić information content (AvgIpc) is 2.79. The normalized spacial score (nSPS) is 21.3. The van der Waals surface area contributed by atoms with E-state index in [9.17, 15) is 0 Å². The molecule has 1 atom stereocenters. The monoisotopic (exact) mass is 535 g/mol. The van der Waals surface area contributed by atoms with Crippen molar-refractivity contribution in [1.29, 1.82) is 0 Å². The van der Waals surface area contributed by atoms with E-state index >= 15 is 0 Å². The van der Waals surface area contributed by atoms with Gasteiger partial charge in [0.15, 0.2) is 0 Å². The second-order valence-electron chi connectivity index (χ2n) is 8.26. The molecule has 1 heterocycles. The molecule has 0 radical (unpaired) electrons. The van der Waals surface area contributed by atoms with Gasteiger partial charge >= 0.3 is 169 Å². The van der Waals surface area contributed by atoms with Crippen molar-refractivity contribution in [3.8, 4) is 0 Å². The molecule has 0 spiro atoms. The van der Waals surface area contributed by atoms with Gasteiger partial charge in [-0.15, -0.1) is 0 Å². The molecule has 7 heteroatoms. The predicted octanol–water partition coefficient (Wildman–Crippen LogP) is 6.14. The minimum absolute atomic E-state index is 0.143. The van der Waals surface area contributed by atoms with E-state index in [0.29, 0.717) is 0 Å². The van der Waals surface area contributed by atoms with Crippen molar-refractivity contribution in [2.75, 3.05) is 0 Å². The molecule has 0 fully saturated rings. The number of rotatable bonds is 3. The molecule has 1 aliphatic heterocycles. The van der Waals surface area contributed by atoms with Gasteiger partial charge < -0.3 is 0 Å². The van der Waals surface area contributed by atoms with E-state index in [1.54, 1.807) is 0 Å². The molecule has 3 rings (SSSR count). The number of hydrogen-bond acceptors (Lipinski definition) is 2. The molecule has 1 N–H and O–H groups in total. The SMILES string of the molecule is C[SiH](C)[Zr]([Cl])([Cl])([NH]C(C)(C)C)[C]1=C2C=CN=CC2c2ccc(Br)cc21. The van der Waals surface area contributed by atoms with Gasteiger partial charge in [-0.05, 0) is 0 Å². The van der Waals surface area contributed by atoms with Crippen molar-refractivity contribution < 1.29 is 15.8 Å². The third-order valence-electron chi connectivity index (χ3n) is 4.90. The van der Waals surface area contributed by atoms with Crippen LogP contribution < -0.4 is 3.26 Å². The van der Waals surface area contributed by atoms with E-state index in [1.807, 2.05) is 12.4 Å². The third-order valence-corrected chi connectivity index (χ3v) is 50.4. The number of benzene rings is 1. The van der Waals surface area contributed by atoms with Crippen molar-refractivity contribution in [1.82, 2.24) is 3.26 Å². The van der Waals surface area contributed by atoms with E-state index in [4.69, 9.17) is 17.0 Å². The standard InChI is InChI=1S/C12H7BrN.C4H10N.C2H7Si.2ClH.Zr/c13-10-1-2-11-9(6-10)5-8-3-4-14-7-12(8)11;1-4(2,3)5;1-3-2;;;/h1-4,6-7,12H;5H,1-3H3;3H,1-2H3;2*1H;/q;-1;;;;+3/p-2. The van der Waals surface area contributed by atoms with Crippen LogP contribution in [-0.4, -0.2) is 17.7 Å². The molecule has 0 saturated heterocycles. The number of hydrogen-bond donors (Lipinski definition) is 1. The number of allylic oxidation sites excluding steroid dienone is 2. The van der Waals surface area contributed by atoms with Crippen LogP contribution >= 0.6 is 33.0 Å². The summed E-state index contributed by atoms with van der Waals surface area (Å²) in [5.41, 5.74) is 3.54. The van der Waals surface area contributed by atoms with Crippen molar-refractivity contribution in [2.24, 2.45) is 4.99 Å². The molecule has 25 heavy (non-hydrogen) atoms. The molecule has 0 amide bonds. The van der Waals surface area contributed by atoms with E-state index in [2.05, 4.69) is 82.3 Å². The molecule has 1 aromatic rings. The van der Waals surface area contributed by atoms with Gasteiger partial charge in [0, 0.05) is 0 Å². The third kappa shape index (κ3) is 3.50. The fourth-order valence-corrected chi connectivity index (χ4v) is 29.0. The Bertz CT molecular complexity index is 825. The van der Waals surface area contributed by atoms with Crippen LogP contribution in [0.4, 0.5) is 0 Å². The van der Waals surface area contributed by atoms with E-state index in [0.717, 1.165) is 4.47 Å². The molecule has 0 bridgehead atoms. The molecule has 1 unspecified atom stereocenters. The summed E-state index contributed by atoms with van der Waals surface area (Å²) in [5.74, 6) is -1.28. The van der Waals surface area contributed by atoms with Crippen molar-refractivity contribution in [2.45, 2.75) is 45.3 Å². The summed E-state index contributed by atoms with van der Waals surface area (Å²) < 4.78 is 6.05. The van der Waals surface area contributed by atoms with E-state index < -0.39 is 21.8 Å². The van der Waals surface area contributed by atoms with Gasteiger partial charge in [-0.25, -0.2) is 0 Å². The van der Waals surface area contributed by atoms with Crippen LogP contribution in [0.25, 0.3) is 3.28 Å². The number of nitrogens with one attached hydrogen (secondary N) is 1. The van der Waals surface area contributed by atoms with Crippen LogP contribution in [-0.2, 0) is 15.8 Å². The molecule has 135 valence electrons. The van der Waals surface area contributed by atoms with Crippen molar-refractivity contribution >= 4 is 48.4 Å². The Morgan fingerprint density at radius 1 is 1.24 bits per heavy atom.